The van der Waals surface area contributed by atoms with Crippen LogP contribution >= 0.6 is 23.2 Å². The fourth-order valence-electron chi connectivity index (χ4n) is 1.92. The van der Waals surface area contributed by atoms with Crippen molar-refractivity contribution < 1.29 is 4.79 Å². The van der Waals surface area contributed by atoms with Gasteiger partial charge in [-0.2, -0.15) is 4.98 Å². The number of aromatic nitrogens is 2. The van der Waals surface area contributed by atoms with Gasteiger partial charge < -0.3 is 10.6 Å². The highest BCUT2D eigenvalue weighted by Gasteiger charge is 2.05. The minimum absolute atomic E-state index is 0.0709. The van der Waals surface area contributed by atoms with E-state index in [1.54, 1.807) is 0 Å². The molecule has 0 aliphatic carbocycles. The summed E-state index contributed by atoms with van der Waals surface area (Å²) >= 11 is 11.5. The Kier molecular flexibility index (Phi) is 6.62. The average Bonchev–Trinajstić information content (AvgIpc) is 2.57. The normalized spacial score (nSPS) is 10.4. The molecule has 0 atom stereocenters. The number of halogens is 2. The first-order chi connectivity index (χ1) is 11.1. The van der Waals surface area contributed by atoms with Gasteiger partial charge in [-0.1, -0.05) is 42.3 Å². The second-order valence-electron chi connectivity index (χ2n) is 4.92. The summed E-state index contributed by atoms with van der Waals surface area (Å²) in [5.74, 6) is 0.347. The zero-order chi connectivity index (χ0) is 16.7. The van der Waals surface area contributed by atoms with Crippen LogP contribution in [0.2, 0.25) is 10.2 Å². The molecule has 0 unspecified atom stereocenters. The van der Waals surface area contributed by atoms with Gasteiger partial charge in [0.2, 0.25) is 5.95 Å². The molecule has 0 fully saturated rings. The minimum Gasteiger partial charge on any atom is -0.354 e. The number of anilines is 1. The van der Waals surface area contributed by atoms with Gasteiger partial charge >= 0.3 is 0 Å². The predicted octanol–water partition coefficient (Wildman–Crippen LogP) is 3.58. The molecule has 23 heavy (non-hydrogen) atoms. The van der Waals surface area contributed by atoms with Gasteiger partial charge in [-0.25, -0.2) is 4.98 Å². The molecule has 2 N–H and O–H groups in total. The fourth-order valence-corrected chi connectivity index (χ4v) is 2.14. The summed E-state index contributed by atoms with van der Waals surface area (Å²) in [7, 11) is 0. The third-order valence-electron chi connectivity index (χ3n) is 3.25. The molecule has 0 bridgehead atoms. The second kappa shape index (κ2) is 8.70. The first-order valence-corrected chi connectivity index (χ1v) is 8.14. The van der Waals surface area contributed by atoms with Crippen LogP contribution in [0, 0.1) is 0 Å². The van der Waals surface area contributed by atoms with E-state index in [9.17, 15) is 4.79 Å². The molecule has 0 radical (unpaired) electrons. The van der Waals surface area contributed by atoms with Crippen LogP contribution in [-0.4, -0.2) is 29.0 Å². The Morgan fingerprint density at radius 1 is 1.17 bits per heavy atom. The molecule has 0 aliphatic rings. The number of hydrogen-bond donors (Lipinski definition) is 2. The number of hydrogen-bond acceptors (Lipinski definition) is 4. The van der Waals surface area contributed by atoms with Gasteiger partial charge in [-0.3, -0.25) is 4.79 Å². The first-order valence-electron chi connectivity index (χ1n) is 7.39. The van der Waals surface area contributed by atoms with Crippen molar-refractivity contribution in [1.29, 1.82) is 0 Å². The molecule has 0 saturated heterocycles. The minimum atomic E-state index is -0.0709. The van der Waals surface area contributed by atoms with Crippen molar-refractivity contribution in [3.8, 4) is 0 Å². The van der Waals surface area contributed by atoms with Crippen LogP contribution < -0.4 is 10.6 Å². The van der Waals surface area contributed by atoms with Gasteiger partial charge in [0.25, 0.3) is 5.91 Å². The maximum Gasteiger partial charge on any atom is 0.251 e. The van der Waals surface area contributed by atoms with Crippen LogP contribution in [0.1, 0.15) is 29.3 Å². The Bertz CT molecular complexity index is 662. The van der Waals surface area contributed by atoms with Crippen LogP contribution in [0.4, 0.5) is 5.95 Å². The number of nitrogens with one attached hydrogen (secondary N) is 2. The summed E-state index contributed by atoms with van der Waals surface area (Å²) in [5, 5.41) is 6.43. The van der Waals surface area contributed by atoms with Gasteiger partial charge in [0, 0.05) is 18.7 Å². The molecular formula is C16H18Cl2N4O. The highest BCUT2D eigenvalue weighted by molar-refractivity contribution is 6.41. The van der Waals surface area contributed by atoms with Crippen molar-refractivity contribution in [2.75, 3.05) is 18.4 Å². The molecule has 0 spiro atoms. The van der Waals surface area contributed by atoms with E-state index < -0.39 is 0 Å². The van der Waals surface area contributed by atoms with E-state index in [4.69, 9.17) is 23.2 Å². The summed E-state index contributed by atoms with van der Waals surface area (Å²) in [6, 6.07) is 7.63. The van der Waals surface area contributed by atoms with E-state index in [0.717, 1.165) is 12.8 Å². The SMILES string of the molecule is CCc1ccc(C(=O)NCCCNc2ncc(Cl)c(Cl)n2)cc1. The molecule has 5 nitrogen and oxygen atoms in total. The zero-order valence-electron chi connectivity index (χ0n) is 12.8. The second-order valence-corrected chi connectivity index (χ2v) is 5.68. The lowest BCUT2D eigenvalue weighted by Crippen LogP contribution is -2.25. The Morgan fingerprint density at radius 3 is 2.57 bits per heavy atom. The zero-order valence-corrected chi connectivity index (χ0v) is 14.3. The van der Waals surface area contributed by atoms with Gasteiger partial charge in [-0.15, -0.1) is 0 Å². The van der Waals surface area contributed by atoms with Gasteiger partial charge in [0.1, 0.15) is 0 Å². The number of amides is 1. The summed E-state index contributed by atoms with van der Waals surface area (Å²) in [5.41, 5.74) is 1.88. The van der Waals surface area contributed by atoms with Crippen LogP contribution in [0.15, 0.2) is 30.5 Å². The number of rotatable bonds is 7. The van der Waals surface area contributed by atoms with Crippen molar-refractivity contribution in [3.05, 3.63) is 51.8 Å². The van der Waals surface area contributed by atoms with Gasteiger partial charge in [-0.05, 0) is 30.5 Å². The third-order valence-corrected chi connectivity index (χ3v) is 3.91. The Hall–Kier alpha value is -1.85. The molecule has 1 amide bonds. The smallest absolute Gasteiger partial charge is 0.251 e. The number of carbonyl (C=O) groups is 1. The lowest BCUT2D eigenvalue weighted by Gasteiger charge is -2.07. The Balaban J connectivity index is 1.70. The van der Waals surface area contributed by atoms with E-state index in [2.05, 4.69) is 27.5 Å². The van der Waals surface area contributed by atoms with E-state index in [-0.39, 0.29) is 11.1 Å². The van der Waals surface area contributed by atoms with Crippen LogP contribution in [0.5, 0.6) is 0 Å². The number of benzene rings is 1. The quantitative estimate of drug-likeness (QED) is 0.590. The molecule has 1 aromatic carbocycles. The van der Waals surface area contributed by atoms with Crippen molar-refractivity contribution >= 4 is 35.1 Å². The van der Waals surface area contributed by atoms with Crippen molar-refractivity contribution in [2.24, 2.45) is 0 Å². The van der Waals surface area contributed by atoms with E-state index >= 15 is 0 Å². The number of nitrogens with zero attached hydrogens (tertiary/aromatic N) is 2. The summed E-state index contributed by atoms with van der Waals surface area (Å²) in [6.07, 6.45) is 3.15. The monoisotopic (exact) mass is 352 g/mol. The van der Waals surface area contributed by atoms with Crippen LogP contribution in [0.25, 0.3) is 0 Å². The molecule has 2 aromatic rings. The van der Waals surface area contributed by atoms with E-state index in [0.29, 0.717) is 29.6 Å². The lowest BCUT2D eigenvalue weighted by molar-refractivity contribution is 0.0953. The van der Waals surface area contributed by atoms with Crippen LogP contribution in [-0.2, 0) is 6.42 Å². The lowest BCUT2D eigenvalue weighted by atomic mass is 10.1. The van der Waals surface area contributed by atoms with Crippen molar-refractivity contribution in [2.45, 2.75) is 19.8 Å². The molecule has 2 rings (SSSR count). The summed E-state index contributed by atoms with van der Waals surface area (Å²) < 4.78 is 0. The maximum absolute atomic E-state index is 12.0. The van der Waals surface area contributed by atoms with E-state index in [1.165, 1.54) is 11.8 Å². The highest BCUT2D eigenvalue weighted by atomic mass is 35.5. The third kappa shape index (κ3) is 5.37. The maximum atomic E-state index is 12.0. The molecule has 1 aromatic heterocycles. The molecule has 122 valence electrons. The summed E-state index contributed by atoms with van der Waals surface area (Å²) in [6.45, 7) is 3.26. The average molecular weight is 353 g/mol. The van der Waals surface area contributed by atoms with Crippen molar-refractivity contribution in [3.63, 3.8) is 0 Å². The van der Waals surface area contributed by atoms with Gasteiger partial charge in [0.05, 0.1) is 11.2 Å². The van der Waals surface area contributed by atoms with E-state index in [1.807, 2.05) is 24.3 Å². The Morgan fingerprint density at radius 2 is 1.91 bits per heavy atom. The first kappa shape index (κ1) is 17.5. The Labute approximate surface area is 145 Å². The standard InChI is InChI=1S/C16H18Cl2N4O/c1-2-11-4-6-12(7-5-11)15(23)19-8-3-9-20-16-21-10-13(17)14(18)22-16/h4-7,10H,2-3,8-9H2,1H3,(H,19,23)(H,20,21,22). The molecule has 1 heterocycles. The predicted molar refractivity (Wildman–Crippen MR) is 93.3 cm³/mol. The highest BCUT2D eigenvalue weighted by Crippen LogP contribution is 2.18. The largest absolute Gasteiger partial charge is 0.354 e. The number of aryl methyl sites for hydroxylation is 1. The topological polar surface area (TPSA) is 66.9 Å². The number of carbonyl (C=O) groups excluding carboxylic acids is 1. The van der Waals surface area contributed by atoms with Gasteiger partial charge in [0.15, 0.2) is 5.15 Å². The molecule has 0 saturated carbocycles. The summed E-state index contributed by atoms with van der Waals surface area (Å²) in [4.78, 5) is 20.0. The van der Waals surface area contributed by atoms with Crippen LogP contribution in [0.3, 0.4) is 0 Å². The fraction of sp³-hybridized carbons (Fsp3) is 0.312. The molecular weight excluding hydrogens is 335 g/mol. The molecule has 7 heteroatoms. The molecule has 0 aliphatic heterocycles. The van der Waals surface area contributed by atoms with Crippen molar-refractivity contribution in [1.82, 2.24) is 15.3 Å².